The number of nitrogens with zero attached hydrogens (tertiary/aromatic N) is 2. The number of nitrogens with one attached hydrogen (secondary N) is 1. The van der Waals surface area contributed by atoms with Crippen molar-refractivity contribution in [1.82, 2.24) is 15.1 Å². The lowest BCUT2D eigenvalue weighted by atomic mass is 9.95. The van der Waals surface area contributed by atoms with Gasteiger partial charge in [0.05, 0.1) is 18.3 Å². The van der Waals surface area contributed by atoms with Crippen LogP contribution in [0.15, 0.2) is 18.2 Å². The Bertz CT molecular complexity index is 810. The number of benzene rings is 1. The second-order valence-electron chi connectivity index (χ2n) is 7.12. The number of aromatic nitrogens is 2. The van der Waals surface area contributed by atoms with Crippen LogP contribution < -0.4 is 10.1 Å². The Kier molecular flexibility index (Phi) is 4.24. The van der Waals surface area contributed by atoms with E-state index in [4.69, 9.17) is 4.74 Å². The van der Waals surface area contributed by atoms with Crippen LogP contribution in [0.2, 0.25) is 0 Å². The Labute approximate surface area is 148 Å². The molecule has 0 radical (unpaired) electrons. The maximum atomic E-state index is 12.9. The molecular weight excluding hydrogens is 314 g/mol. The molecular formula is C20H25N3O2. The van der Waals surface area contributed by atoms with Crippen molar-refractivity contribution in [3.05, 3.63) is 46.3 Å². The Morgan fingerprint density at radius 3 is 2.96 bits per heavy atom. The summed E-state index contributed by atoms with van der Waals surface area (Å²) >= 11 is 0. The highest BCUT2D eigenvalue weighted by Crippen LogP contribution is 2.28. The van der Waals surface area contributed by atoms with Gasteiger partial charge >= 0.3 is 0 Å². The minimum Gasteiger partial charge on any atom is -0.493 e. The molecule has 0 unspecified atom stereocenters. The Balaban J connectivity index is 1.54. The van der Waals surface area contributed by atoms with Crippen molar-refractivity contribution >= 4 is 5.91 Å². The van der Waals surface area contributed by atoms with Gasteiger partial charge in [-0.1, -0.05) is 12.1 Å². The second-order valence-corrected chi connectivity index (χ2v) is 7.12. The van der Waals surface area contributed by atoms with Gasteiger partial charge in [0.1, 0.15) is 11.4 Å². The molecule has 0 fully saturated rings. The first-order valence-electron chi connectivity index (χ1n) is 9.24. The van der Waals surface area contributed by atoms with Crippen molar-refractivity contribution in [2.24, 2.45) is 7.05 Å². The highest BCUT2D eigenvalue weighted by Gasteiger charge is 2.25. The van der Waals surface area contributed by atoms with Gasteiger partial charge in [-0.05, 0) is 62.6 Å². The lowest BCUT2D eigenvalue weighted by Crippen LogP contribution is -2.29. The molecule has 1 aliphatic heterocycles. The number of fused-ring (bicyclic) bond motifs is 2. The molecule has 0 spiro atoms. The summed E-state index contributed by atoms with van der Waals surface area (Å²) in [5.41, 5.74) is 5.31. The minimum atomic E-state index is -0.0473. The lowest BCUT2D eigenvalue weighted by molar-refractivity contribution is 0.0929. The number of hydrogen-bond acceptors (Lipinski definition) is 3. The maximum absolute atomic E-state index is 12.9. The fourth-order valence-electron chi connectivity index (χ4n) is 3.96. The molecule has 1 aliphatic carbocycles. The molecule has 0 saturated heterocycles. The number of carbonyl (C=O) groups is 1. The molecule has 1 aromatic carbocycles. The lowest BCUT2D eigenvalue weighted by Gasteiger charge is -2.21. The van der Waals surface area contributed by atoms with Crippen LogP contribution in [0.25, 0.3) is 0 Å². The van der Waals surface area contributed by atoms with Crippen molar-refractivity contribution in [1.29, 1.82) is 0 Å². The van der Waals surface area contributed by atoms with E-state index in [1.165, 1.54) is 12.0 Å². The molecule has 2 aliphatic rings. The van der Waals surface area contributed by atoms with Crippen molar-refractivity contribution in [3.8, 4) is 5.75 Å². The zero-order valence-corrected chi connectivity index (χ0v) is 15.0. The van der Waals surface area contributed by atoms with Crippen LogP contribution in [-0.2, 0) is 26.3 Å². The molecule has 1 N–H and O–H groups in total. The third-order valence-corrected chi connectivity index (χ3v) is 5.31. The number of carbonyl (C=O) groups excluding carboxylic acids is 1. The number of ether oxygens (including phenoxy) is 1. The SMILES string of the molecule is C[C@@H](NC(=O)c1c2c(nn1C)CCCC2)c1ccc2c(c1)CCCO2. The van der Waals surface area contributed by atoms with Gasteiger partial charge in [-0.25, -0.2) is 0 Å². The molecule has 2 heterocycles. The highest BCUT2D eigenvalue weighted by molar-refractivity contribution is 5.94. The van der Waals surface area contributed by atoms with Gasteiger partial charge in [0.15, 0.2) is 0 Å². The standard InChI is InChI=1S/C20H25N3O2/c1-13(14-9-10-18-15(12-14)6-5-11-25-18)21-20(24)19-16-7-3-4-8-17(16)22-23(19)2/h9-10,12-13H,3-8,11H2,1-2H3,(H,21,24)/t13-/m1/s1. The molecule has 0 saturated carbocycles. The fourth-order valence-corrected chi connectivity index (χ4v) is 3.96. The zero-order chi connectivity index (χ0) is 17.4. The van der Waals surface area contributed by atoms with Gasteiger partial charge < -0.3 is 10.1 Å². The molecule has 1 atom stereocenters. The highest BCUT2D eigenvalue weighted by atomic mass is 16.5. The van der Waals surface area contributed by atoms with E-state index in [1.54, 1.807) is 4.68 Å². The predicted octanol–water partition coefficient (Wildman–Crippen LogP) is 3.11. The molecule has 25 heavy (non-hydrogen) atoms. The van der Waals surface area contributed by atoms with Gasteiger partial charge in [-0.2, -0.15) is 5.10 Å². The van der Waals surface area contributed by atoms with E-state index in [2.05, 4.69) is 16.5 Å². The van der Waals surface area contributed by atoms with Crippen LogP contribution >= 0.6 is 0 Å². The molecule has 132 valence electrons. The monoisotopic (exact) mass is 339 g/mol. The van der Waals surface area contributed by atoms with Gasteiger partial charge in [0.2, 0.25) is 0 Å². The van der Waals surface area contributed by atoms with Gasteiger partial charge in [0.25, 0.3) is 5.91 Å². The summed E-state index contributed by atoms with van der Waals surface area (Å²) in [5.74, 6) is 0.953. The number of amides is 1. The summed E-state index contributed by atoms with van der Waals surface area (Å²) in [6.07, 6.45) is 6.34. The molecule has 4 rings (SSSR count). The number of rotatable bonds is 3. The van der Waals surface area contributed by atoms with Gasteiger partial charge in [-0.15, -0.1) is 0 Å². The average Bonchev–Trinajstić information content (AvgIpc) is 2.97. The maximum Gasteiger partial charge on any atom is 0.270 e. The molecule has 5 nitrogen and oxygen atoms in total. The van der Waals surface area contributed by atoms with Crippen molar-refractivity contribution in [3.63, 3.8) is 0 Å². The van der Waals surface area contributed by atoms with Crippen molar-refractivity contribution < 1.29 is 9.53 Å². The van der Waals surface area contributed by atoms with Crippen LogP contribution in [0.3, 0.4) is 0 Å². The average molecular weight is 339 g/mol. The van der Waals surface area contributed by atoms with Crippen LogP contribution in [0, 0.1) is 0 Å². The summed E-state index contributed by atoms with van der Waals surface area (Å²) < 4.78 is 7.43. The predicted molar refractivity (Wildman–Crippen MR) is 96.0 cm³/mol. The summed E-state index contributed by atoms with van der Waals surface area (Å²) in [7, 11) is 1.87. The van der Waals surface area contributed by atoms with Gasteiger partial charge in [-0.3, -0.25) is 9.48 Å². The Hall–Kier alpha value is -2.30. The summed E-state index contributed by atoms with van der Waals surface area (Å²) in [6.45, 7) is 2.83. The topological polar surface area (TPSA) is 56.2 Å². The smallest absolute Gasteiger partial charge is 0.270 e. The van der Waals surface area contributed by atoms with Crippen molar-refractivity contribution in [2.45, 2.75) is 51.5 Å². The molecule has 5 heteroatoms. The largest absolute Gasteiger partial charge is 0.493 e. The van der Waals surface area contributed by atoms with E-state index in [1.807, 2.05) is 26.1 Å². The summed E-state index contributed by atoms with van der Waals surface area (Å²) in [5, 5.41) is 7.70. The van der Waals surface area contributed by atoms with Crippen molar-refractivity contribution in [2.75, 3.05) is 6.61 Å². The first-order chi connectivity index (χ1) is 12.1. The number of aryl methyl sites for hydroxylation is 3. The first kappa shape index (κ1) is 16.2. The molecule has 0 bridgehead atoms. The minimum absolute atomic E-state index is 0.0281. The zero-order valence-electron chi connectivity index (χ0n) is 15.0. The second kappa shape index (κ2) is 6.54. The fraction of sp³-hybridized carbons (Fsp3) is 0.500. The van der Waals surface area contributed by atoms with Gasteiger partial charge in [0, 0.05) is 12.6 Å². The third-order valence-electron chi connectivity index (χ3n) is 5.31. The van der Waals surface area contributed by atoms with Crippen LogP contribution in [0.5, 0.6) is 5.75 Å². The van der Waals surface area contributed by atoms with Crippen LogP contribution in [0.4, 0.5) is 0 Å². The van der Waals surface area contributed by atoms with E-state index in [0.717, 1.165) is 67.0 Å². The Morgan fingerprint density at radius 1 is 1.24 bits per heavy atom. The van der Waals surface area contributed by atoms with E-state index >= 15 is 0 Å². The summed E-state index contributed by atoms with van der Waals surface area (Å²) in [6, 6.07) is 6.19. The summed E-state index contributed by atoms with van der Waals surface area (Å²) in [4.78, 5) is 12.9. The molecule has 2 aromatic rings. The van der Waals surface area contributed by atoms with Crippen LogP contribution in [0.1, 0.15) is 65.1 Å². The first-order valence-corrected chi connectivity index (χ1v) is 9.24. The normalized spacial score (nSPS) is 17.2. The molecule has 1 amide bonds. The van der Waals surface area contributed by atoms with E-state index in [0.29, 0.717) is 0 Å². The van der Waals surface area contributed by atoms with E-state index < -0.39 is 0 Å². The Morgan fingerprint density at radius 2 is 2.08 bits per heavy atom. The van der Waals surface area contributed by atoms with Crippen LogP contribution in [-0.4, -0.2) is 22.3 Å². The quantitative estimate of drug-likeness (QED) is 0.935. The number of hydrogen-bond donors (Lipinski definition) is 1. The molecule has 1 aromatic heterocycles. The van der Waals surface area contributed by atoms with E-state index in [-0.39, 0.29) is 11.9 Å². The van der Waals surface area contributed by atoms with E-state index in [9.17, 15) is 4.79 Å². The third kappa shape index (κ3) is 3.03.